The molecule has 26 heavy (non-hydrogen) atoms. The second kappa shape index (κ2) is 7.40. The zero-order valence-corrected chi connectivity index (χ0v) is 14.3. The van der Waals surface area contributed by atoms with Crippen LogP contribution in [0.2, 0.25) is 5.02 Å². The number of amidine groups is 1. The number of benzene rings is 2. The maximum atomic E-state index is 14.3. The Morgan fingerprint density at radius 1 is 1.31 bits per heavy atom. The number of halogens is 2. The number of fused-ring (bicyclic) bond motifs is 1. The van der Waals surface area contributed by atoms with E-state index >= 15 is 0 Å². The van der Waals surface area contributed by atoms with Crippen LogP contribution in [0.5, 0.6) is 0 Å². The van der Waals surface area contributed by atoms with E-state index in [9.17, 15) is 14.5 Å². The highest BCUT2D eigenvalue weighted by atomic mass is 35.5. The Kier molecular flexibility index (Phi) is 5.04. The van der Waals surface area contributed by atoms with Crippen LogP contribution >= 0.6 is 11.6 Å². The van der Waals surface area contributed by atoms with Crippen LogP contribution in [0.15, 0.2) is 57.6 Å². The van der Waals surface area contributed by atoms with Gasteiger partial charge in [-0.1, -0.05) is 23.7 Å². The first-order valence-electron chi connectivity index (χ1n) is 7.44. The Morgan fingerprint density at radius 2 is 2.08 bits per heavy atom. The van der Waals surface area contributed by atoms with Crippen LogP contribution in [0.25, 0.3) is 0 Å². The van der Waals surface area contributed by atoms with E-state index in [2.05, 4.69) is 20.0 Å². The fourth-order valence-electron chi connectivity index (χ4n) is 2.50. The molecule has 0 radical (unpaired) electrons. The van der Waals surface area contributed by atoms with Gasteiger partial charge >= 0.3 is 5.84 Å². The maximum absolute atomic E-state index is 14.3. The number of oxime groups is 1. The second-order valence-electron chi connectivity index (χ2n) is 5.22. The molecule has 2 aromatic carbocycles. The minimum absolute atomic E-state index is 0.00763. The third-order valence-corrected chi connectivity index (χ3v) is 3.83. The number of nitro groups is 1. The van der Waals surface area contributed by atoms with E-state index in [0.29, 0.717) is 22.0 Å². The molecule has 0 atom stereocenters. The predicted octanol–water partition coefficient (Wildman–Crippen LogP) is 3.64. The number of aliphatic imine (C=N–C) groups is 2. The second-order valence-corrected chi connectivity index (χ2v) is 5.66. The standard InChI is InChI=1S/C17H12ClFN4O3/c1-26-22-17(23(24)25)15-9-20-16(11-4-2-3-5-13(11)19)12-8-10(18)6-7-14(12)21-15/h2-8H,9H2,1H3/b22-17+. The Labute approximate surface area is 152 Å². The van der Waals surface area contributed by atoms with E-state index in [-0.39, 0.29) is 17.8 Å². The van der Waals surface area contributed by atoms with Crippen molar-refractivity contribution in [1.82, 2.24) is 0 Å². The molecular formula is C17H12ClFN4O3. The number of hydrogen-bond acceptors (Lipinski definition) is 6. The summed E-state index contributed by atoms with van der Waals surface area (Å²) in [5.74, 6) is -1.03. The van der Waals surface area contributed by atoms with Crippen molar-refractivity contribution >= 4 is 34.5 Å². The summed E-state index contributed by atoms with van der Waals surface area (Å²) < 4.78 is 14.3. The molecule has 3 rings (SSSR count). The third kappa shape index (κ3) is 3.45. The summed E-state index contributed by atoms with van der Waals surface area (Å²) in [6.45, 7) is -0.168. The molecule has 0 spiro atoms. The molecule has 2 aromatic rings. The van der Waals surface area contributed by atoms with Gasteiger partial charge in [0.25, 0.3) is 0 Å². The molecule has 1 heterocycles. The van der Waals surface area contributed by atoms with Gasteiger partial charge in [0.15, 0.2) is 10.9 Å². The average molecular weight is 375 g/mol. The van der Waals surface area contributed by atoms with Crippen LogP contribution < -0.4 is 0 Å². The molecule has 0 bridgehead atoms. The van der Waals surface area contributed by atoms with Gasteiger partial charge in [-0.2, -0.15) is 0 Å². The molecule has 1 aliphatic heterocycles. The minimum Gasteiger partial charge on any atom is -0.358 e. The van der Waals surface area contributed by atoms with Crippen LogP contribution in [-0.4, -0.2) is 35.8 Å². The average Bonchev–Trinajstić information content (AvgIpc) is 2.79. The van der Waals surface area contributed by atoms with Gasteiger partial charge in [0.2, 0.25) is 0 Å². The fraction of sp³-hybridized carbons (Fsp3) is 0.118. The zero-order valence-electron chi connectivity index (χ0n) is 13.5. The van der Waals surface area contributed by atoms with Crippen LogP contribution in [0.1, 0.15) is 11.1 Å². The first kappa shape index (κ1) is 17.7. The van der Waals surface area contributed by atoms with E-state index in [1.165, 1.54) is 13.2 Å². The van der Waals surface area contributed by atoms with Crippen molar-refractivity contribution in [1.29, 1.82) is 0 Å². The topological polar surface area (TPSA) is 89.5 Å². The Morgan fingerprint density at radius 3 is 2.77 bits per heavy atom. The lowest BCUT2D eigenvalue weighted by atomic mass is 10.0. The molecule has 0 amide bonds. The molecule has 0 aliphatic carbocycles. The molecule has 0 saturated heterocycles. The molecule has 0 unspecified atom stereocenters. The lowest BCUT2D eigenvalue weighted by Gasteiger charge is -2.09. The summed E-state index contributed by atoms with van der Waals surface area (Å²) in [7, 11) is 1.20. The zero-order chi connectivity index (χ0) is 18.7. The van der Waals surface area contributed by atoms with Crippen molar-refractivity contribution in [2.75, 3.05) is 13.7 Å². The molecule has 1 aliphatic rings. The Hall–Kier alpha value is -3.13. The lowest BCUT2D eigenvalue weighted by Crippen LogP contribution is -2.26. The Balaban J connectivity index is 2.21. The smallest absolute Gasteiger partial charge is 0.358 e. The number of rotatable bonds is 3. The fourth-order valence-corrected chi connectivity index (χ4v) is 2.67. The van der Waals surface area contributed by atoms with E-state index < -0.39 is 16.6 Å². The molecular weight excluding hydrogens is 363 g/mol. The lowest BCUT2D eigenvalue weighted by molar-refractivity contribution is -0.348. The van der Waals surface area contributed by atoms with Crippen LogP contribution in [-0.2, 0) is 4.84 Å². The maximum Gasteiger partial charge on any atom is 0.433 e. The Bertz CT molecular complexity index is 972. The van der Waals surface area contributed by atoms with E-state index in [4.69, 9.17) is 11.6 Å². The number of hydrogen-bond donors (Lipinski definition) is 0. The van der Waals surface area contributed by atoms with E-state index in [1.807, 2.05) is 0 Å². The first-order chi connectivity index (χ1) is 12.5. The normalized spacial score (nSPS) is 14.0. The summed E-state index contributed by atoms with van der Waals surface area (Å²) >= 11 is 6.07. The quantitative estimate of drug-likeness (QED) is 0.355. The molecule has 132 valence electrons. The van der Waals surface area contributed by atoms with Crippen molar-refractivity contribution in [3.8, 4) is 0 Å². The van der Waals surface area contributed by atoms with Gasteiger partial charge in [0, 0.05) is 16.1 Å². The highest BCUT2D eigenvalue weighted by molar-refractivity contribution is 6.40. The third-order valence-electron chi connectivity index (χ3n) is 3.59. The summed E-state index contributed by atoms with van der Waals surface area (Å²) in [5, 5.41) is 15.1. The van der Waals surface area contributed by atoms with Crippen molar-refractivity contribution in [2.24, 2.45) is 15.1 Å². The molecule has 0 fully saturated rings. The highest BCUT2D eigenvalue weighted by Crippen LogP contribution is 2.29. The van der Waals surface area contributed by atoms with Gasteiger partial charge in [0.1, 0.15) is 12.9 Å². The van der Waals surface area contributed by atoms with Crippen LogP contribution in [0, 0.1) is 15.9 Å². The van der Waals surface area contributed by atoms with Crippen molar-refractivity contribution in [3.63, 3.8) is 0 Å². The summed E-state index contributed by atoms with van der Waals surface area (Å²) in [6, 6.07) is 10.9. The largest absolute Gasteiger partial charge is 0.433 e. The predicted molar refractivity (Wildman–Crippen MR) is 96.9 cm³/mol. The molecule has 0 saturated carbocycles. The highest BCUT2D eigenvalue weighted by Gasteiger charge is 2.27. The molecule has 0 N–H and O–H groups in total. The van der Waals surface area contributed by atoms with Crippen LogP contribution in [0.3, 0.4) is 0 Å². The summed E-state index contributed by atoms with van der Waals surface area (Å²) in [5.41, 5.74) is 1.39. The van der Waals surface area contributed by atoms with Crippen molar-refractivity contribution < 1.29 is 14.2 Å². The molecule has 9 heteroatoms. The monoisotopic (exact) mass is 374 g/mol. The van der Waals surface area contributed by atoms with Gasteiger partial charge in [0.05, 0.1) is 17.9 Å². The molecule has 0 aromatic heterocycles. The van der Waals surface area contributed by atoms with E-state index in [0.717, 1.165) is 0 Å². The minimum atomic E-state index is -0.707. The summed E-state index contributed by atoms with van der Waals surface area (Å²) in [4.78, 5) is 23.7. The van der Waals surface area contributed by atoms with Gasteiger partial charge in [-0.15, -0.1) is 0 Å². The van der Waals surface area contributed by atoms with Crippen molar-refractivity contribution in [2.45, 2.75) is 0 Å². The van der Waals surface area contributed by atoms with Gasteiger partial charge in [-0.25, -0.2) is 9.38 Å². The van der Waals surface area contributed by atoms with Gasteiger partial charge in [-0.05, 0) is 35.3 Å². The van der Waals surface area contributed by atoms with Crippen molar-refractivity contribution in [3.05, 3.63) is 74.5 Å². The van der Waals surface area contributed by atoms with E-state index in [1.54, 1.807) is 36.4 Å². The number of nitrogens with zero attached hydrogens (tertiary/aromatic N) is 4. The molecule has 7 nitrogen and oxygen atoms in total. The van der Waals surface area contributed by atoms with Crippen LogP contribution in [0.4, 0.5) is 10.1 Å². The summed E-state index contributed by atoms with van der Waals surface area (Å²) in [6.07, 6.45) is 0. The first-order valence-corrected chi connectivity index (χ1v) is 7.82. The van der Waals surface area contributed by atoms with Gasteiger partial charge < -0.3 is 15.0 Å². The van der Waals surface area contributed by atoms with Gasteiger partial charge in [-0.3, -0.25) is 4.99 Å². The SMILES string of the molecule is CO/N=C(\C1=Nc2ccc(Cl)cc2C(c2ccccc2F)=NC1)[N+](=O)[O-].